The van der Waals surface area contributed by atoms with Gasteiger partial charge in [0.2, 0.25) is 0 Å². The molecule has 0 atom stereocenters. The summed E-state index contributed by atoms with van der Waals surface area (Å²) < 4.78 is 0. The molecule has 0 aliphatic carbocycles. The predicted octanol–water partition coefficient (Wildman–Crippen LogP) is 2.84. The van der Waals surface area contributed by atoms with Gasteiger partial charge in [0, 0.05) is 0 Å². The van der Waals surface area contributed by atoms with E-state index >= 15 is 0 Å². The number of benzene rings is 3. The van der Waals surface area contributed by atoms with Gasteiger partial charge in [-0.25, -0.2) is 0 Å². The molecule has 0 radical (unpaired) electrons. The molecule has 0 heterocycles. The second-order valence-electron chi connectivity index (χ2n) is 4.16. The lowest BCUT2D eigenvalue weighted by molar-refractivity contribution is 1.78. The molecule has 0 unspecified atom stereocenters. The fraction of sp³-hybridized carbons (Fsp3) is 0.0667. The lowest BCUT2D eigenvalue weighted by Gasteiger charge is -2.08. The zero-order valence-electron chi connectivity index (χ0n) is 9.40. The topological polar surface area (TPSA) is 0 Å². The highest BCUT2D eigenvalue weighted by atomic mass is 28.2. The Morgan fingerprint density at radius 1 is 0.750 bits per heavy atom. The maximum Gasteiger partial charge on any atom is 0.0525 e. The average molecular weight is 222 g/mol. The van der Waals surface area contributed by atoms with E-state index in [0.717, 1.165) is 0 Å². The minimum atomic E-state index is -0.119. The molecule has 0 nitrogen and oxygen atoms in total. The molecule has 0 aliphatic heterocycles. The molecule has 16 heavy (non-hydrogen) atoms. The molecule has 78 valence electrons. The van der Waals surface area contributed by atoms with E-state index in [2.05, 4.69) is 61.1 Å². The third-order valence-electron chi connectivity index (χ3n) is 3.23. The van der Waals surface area contributed by atoms with Gasteiger partial charge in [-0.05, 0) is 21.5 Å². The number of rotatable bonds is 1. The van der Waals surface area contributed by atoms with Crippen LogP contribution in [0, 0.1) is 0 Å². The van der Waals surface area contributed by atoms with Crippen molar-refractivity contribution in [3.05, 3.63) is 54.6 Å². The van der Waals surface area contributed by atoms with Crippen molar-refractivity contribution in [3.63, 3.8) is 0 Å². The molecule has 0 amide bonds. The normalized spacial score (nSPS) is 11.8. The van der Waals surface area contributed by atoms with Crippen molar-refractivity contribution < 1.29 is 0 Å². The lowest BCUT2D eigenvalue weighted by atomic mass is 10.0. The Balaban J connectivity index is 2.57. The second kappa shape index (κ2) is 3.76. The standard InChI is InChI=1S/C15H14Si/c1-16-15-10-11-6-2-3-7-12(11)13-8-4-5-9-14(13)15/h2-10H,16H2,1H3. The zero-order valence-corrected chi connectivity index (χ0v) is 10.8. The van der Waals surface area contributed by atoms with E-state index in [9.17, 15) is 0 Å². The summed E-state index contributed by atoms with van der Waals surface area (Å²) in [5.74, 6) is 0. The summed E-state index contributed by atoms with van der Waals surface area (Å²) in [4.78, 5) is 0. The van der Waals surface area contributed by atoms with Crippen LogP contribution < -0.4 is 5.19 Å². The van der Waals surface area contributed by atoms with Crippen molar-refractivity contribution >= 4 is 36.3 Å². The van der Waals surface area contributed by atoms with Crippen molar-refractivity contribution in [2.75, 3.05) is 0 Å². The molecule has 3 rings (SSSR count). The maximum absolute atomic E-state index is 2.38. The van der Waals surface area contributed by atoms with Crippen LogP contribution in [0.2, 0.25) is 6.55 Å². The Morgan fingerprint density at radius 3 is 2.12 bits per heavy atom. The van der Waals surface area contributed by atoms with E-state index in [1.807, 2.05) is 0 Å². The third-order valence-corrected chi connectivity index (χ3v) is 4.58. The van der Waals surface area contributed by atoms with Crippen LogP contribution in [0.3, 0.4) is 0 Å². The summed E-state index contributed by atoms with van der Waals surface area (Å²) in [6.07, 6.45) is 0. The van der Waals surface area contributed by atoms with Gasteiger partial charge in [0.05, 0.1) is 9.52 Å². The Kier molecular flexibility index (Phi) is 2.26. The molecule has 0 aliphatic rings. The minimum absolute atomic E-state index is 0.119. The van der Waals surface area contributed by atoms with Gasteiger partial charge in [-0.3, -0.25) is 0 Å². The van der Waals surface area contributed by atoms with Gasteiger partial charge < -0.3 is 0 Å². The maximum atomic E-state index is 2.38. The first-order valence-electron chi connectivity index (χ1n) is 5.79. The first-order chi connectivity index (χ1) is 7.90. The van der Waals surface area contributed by atoms with Gasteiger partial charge in [-0.15, -0.1) is 0 Å². The van der Waals surface area contributed by atoms with Gasteiger partial charge in [0.25, 0.3) is 0 Å². The first kappa shape index (κ1) is 9.61. The van der Waals surface area contributed by atoms with Crippen LogP contribution in [0.5, 0.6) is 0 Å². The summed E-state index contributed by atoms with van der Waals surface area (Å²) >= 11 is 0. The molecule has 3 aromatic rings. The molecule has 3 aromatic carbocycles. The Morgan fingerprint density at radius 2 is 1.38 bits per heavy atom. The highest BCUT2D eigenvalue weighted by Gasteiger charge is 2.03. The molecule has 1 heteroatoms. The van der Waals surface area contributed by atoms with Crippen molar-refractivity contribution in [1.82, 2.24) is 0 Å². The molecule has 0 bridgehead atoms. The van der Waals surface area contributed by atoms with Crippen LogP contribution in [0.1, 0.15) is 0 Å². The highest BCUT2D eigenvalue weighted by Crippen LogP contribution is 2.23. The van der Waals surface area contributed by atoms with Gasteiger partial charge in [0.1, 0.15) is 0 Å². The van der Waals surface area contributed by atoms with Gasteiger partial charge >= 0.3 is 0 Å². The predicted molar refractivity (Wildman–Crippen MR) is 75.5 cm³/mol. The van der Waals surface area contributed by atoms with Crippen LogP contribution in [0.25, 0.3) is 21.5 Å². The van der Waals surface area contributed by atoms with Gasteiger partial charge in [0.15, 0.2) is 0 Å². The van der Waals surface area contributed by atoms with Crippen molar-refractivity contribution in [3.8, 4) is 0 Å². The lowest BCUT2D eigenvalue weighted by Crippen LogP contribution is -2.11. The minimum Gasteiger partial charge on any atom is -0.0708 e. The summed E-state index contributed by atoms with van der Waals surface area (Å²) in [7, 11) is -0.119. The zero-order chi connectivity index (χ0) is 11.0. The molecular weight excluding hydrogens is 208 g/mol. The molecule has 0 saturated carbocycles. The quantitative estimate of drug-likeness (QED) is 0.439. The monoisotopic (exact) mass is 222 g/mol. The Hall–Kier alpha value is -1.60. The smallest absolute Gasteiger partial charge is 0.0525 e. The SMILES string of the molecule is C[SiH2]c1cc2ccccc2c2ccccc12. The van der Waals surface area contributed by atoms with Crippen molar-refractivity contribution in [2.24, 2.45) is 0 Å². The summed E-state index contributed by atoms with van der Waals surface area (Å²) in [5, 5.41) is 7.20. The second-order valence-corrected chi connectivity index (χ2v) is 5.62. The Labute approximate surface area is 97.7 Å². The van der Waals surface area contributed by atoms with Gasteiger partial charge in [-0.1, -0.05) is 66.3 Å². The molecule has 0 N–H and O–H groups in total. The highest BCUT2D eigenvalue weighted by molar-refractivity contribution is 6.56. The van der Waals surface area contributed by atoms with Crippen LogP contribution in [-0.4, -0.2) is 9.52 Å². The fourth-order valence-corrected chi connectivity index (χ4v) is 3.54. The summed E-state index contributed by atoms with van der Waals surface area (Å²) in [6.45, 7) is 2.36. The van der Waals surface area contributed by atoms with E-state index < -0.39 is 0 Å². The number of fused-ring (bicyclic) bond motifs is 3. The third kappa shape index (κ3) is 1.36. The van der Waals surface area contributed by atoms with E-state index in [1.165, 1.54) is 21.5 Å². The fourth-order valence-electron chi connectivity index (χ4n) is 2.42. The molecule has 0 spiro atoms. The van der Waals surface area contributed by atoms with Crippen molar-refractivity contribution in [2.45, 2.75) is 6.55 Å². The van der Waals surface area contributed by atoms with E-state index in [0.29, 0.717) is 0 Å². The van der Waals surface area contributed by atoms with Gasteiger partial charge in [-0.2, -0.15) is 0 Å². The van der Waals surface area contributed by atoms with Crippen LogP contribution in [0.4, 0.5) is 0 Å². The molecule has 0 fully saturated rings. The molecule has 0 aromatic heterocycles. The van der Waals surface area contributed by atoms with E-state index in [1.54, 1.807) is 5.19 Å². The number of hydrogen-bond donors (Lipinski definition) is 0. The van der Waals surface area contributed by atoms with Crippen LogP contribution in [0.15, 0.2) is 54.6 Å². The largest absolute Gasteiger partial charge is 0.0708 e. The number of hydrogen-bond acceptors (Lipinski definition) is 0. The first-order valence-corrected chi connectivity index (χ1v) is 7.91. The molecule has 0 saturated heterocycles. The Bertz CT molecular complexity index is 656. The van der Waals surface area contributed by atoms with Crippen LogP contribution >= 0.6 is 0 Å². The van der Waals surface area contributed by atoms with E-state index in [4.69, 9.17) is 0 Å². The summed E-state index contributed by atoms with van der Waals surface area (Å²) in [6, 6.07) is 19.8. The van der Waals surface area contributed by atoms with Crippen molar-refractivity contribution in [1.29, 1.82) is 0 Å². The van der Waals surface area contributed by atoms with E-state index in [-0.39, 0.29) is 9.52 Å². The average Bonchev–Trinajstić information content (AvgIpc) is 2.38. The molecular formula is C15H14Si. The van der Waals surface area contributed by atoms with Crippen LogP contribution in [-0.2, 0) is 0 Å². The summed E-state index contributed by atoms with van der Waals surface area (Å²) in [5.41, 5.74) is 0.